The standard InChI is InChI=1S/C17H29N3O2/c1-5-6-9-22-15-11-14(17(15,2)3)20-16(18-4)19-12-13-8-7-10-21-13/h7-8,10,14-15H,5-6,9,11-12H2,1-4H3,(H2,18,19,20). The van der Waals surface area contributed by atoms with Crippen molar-refractivity contribution < 1.29 is 9.15 Å². The van der Waals surface area contributed by atoms with E-state index in [1.165, 1.54) is 6.42 Å². The van der Waals surface area contributed by atoms with E-state index in [4.69, 9.17) is 9.15 Å². The van der Waals surface area contributed by atoms with Crippen LogP contribution in [-0.4, -0.2) is 31.8 Å². The zero-order chi connectivity index (χ0) is 16.0. The zero-order valence-corrected chi connectivity index (χ0v) is 14.2. The summed E-state index contributed by atoms with van der Waals surface area (Å²) in [5.41, 5.74) is 0.121. The molecule has 2 rings (SSSR count). The van der Waals surface area contributed by atoms with E-state index in [9.17, 15) is 0 Å². The molecule has 0 spiro atoms. The second-order valence-corrected chi connectivity index (χ2v) is 6.47. The van der Waals surface area contributed by atoms with Gasteiger partial charge in [-0.3, -0.25) is 4.99 Å². The smallest absolute Gasteiger partial charge is 0.191 e. The normalized spacial score (nSPS) is 23.9. The molecule has 5 nitrogen and oxygen atoms in total. The molecule has 0 aromatic carbocycles. The molecular formula is C17H29N3O2. The van der Waals surface area contributed by atoms with Gasteiger partial charge >= 0.3 is 0 Å². The van der Waals surface area contributed by atoms with Crippen molar-refractivity contribution in [2.75, 3.05) is 13.7 Å². The van der Waals surface area contributed by atoms with Crippen molar-refractivity contribution >= 4 is 5.96 Å². The van der Waals surface area contributed by atoms with Gasteiger partial charge in [-0.25, -0.2) is 0 Å². The van der Waals surface area contributed by atoms with Gasteiger partial charge in [0.05, 0.1) is 18.9 Å². The predicted octanol–water partition coefficient (Wildman–Crippen LogP) is 2.93. The minimum Gasteiger partial charge on any atom is -0.467 e. The minimum absolute atomic E-state index is 0.121. The van der Waals surface area contributed by atoms with E-state index in [2.05, 4.69) is 36.4 Å². The van der Waals surface area contributed by atoms with Gasteiger partial charge in [0.2, 0.25) is 0 Å². The lowest BCUT2D eigenvalue weighted by Gasteiger charge is -2.52. The van der Waals surface area contributed by atoms with Crippen molar-refractivity contribution in [3.63, 3.8) is 0 Å². The van der Waals surface area contributed by atoms with Crippen LogP contribution < -0.4 is 10.6 Å². The van der Waals surface area contributed by atoms with Gasteiger partial charge in [-0.2, -0.15) is 0 Å². The van der Waals surface area contributed by atoms with Gasteiger partial charge in [-0.15, -0.1) is 0 Å². The summed E-state index contributed by atoms with van der Waals surface area (Å²) >= 11 is 0. The molecule has 0 bridgehead atoms. The monoisotopic (exact) mass is 307 g/mol. The summed E-state index contributed by atoms with van der Waals surface area (Å²) in [6, 6.07) is 4.22. The molecule has 1 aliphatic carbocycles. The fourth-order valence-electron chi connectivity index (χ4n) is 2.73. The molecule has 22 heavy (non-hydrogen) atoms. The van der Waals surface area contributed by atoms with E-state index in [-0.39, 0.29) is 5.41 Å². The predicted molar refractivity (Wildman–Crippen MR) is 88.9 cm³/mol. The van der Waals surface area contributed by atoms with E-state index < -0.39 is 0 Å². The Morgan fingerprint density at radius 2 is 2.32 bits per heavy atom. The van der Waals surface area contributed by atoms with Crippen molar-refractivity contribution in [3.8, 4) is 0 Å². The van der Waals surface area contributed by atoms with Gasteiger partial charge < -0.3 is 19.8 Å². The van der Waals surface area contributed by atoms with Crippen LogP contribution in [0.1, 0.15) is 45.8 Å². The van der Waals surface area contributed by atoms with Gasteiger partial charge in [0.15, 0.2) is 5.96 Å². The van der Waals surface area contributed by atoms with Crippen LogP contribution >= 0.6 is 0 Å². The third kappa shape index (κ3) is 4.03. The molecule has 2 N–H and O–H groups in total. The van der Waals surface area contributed by atoms with E-state index in [0.717, 1.165) is 31.2 Å². The minimum atomic E-state index is 0.121. The molecule has 5 heteroatoms. The molecule has 1 aliphatic rings. The van der Waals surface area contributed by atoms with Crippen LogP contribution in [0.5, 0.6) is 0 Å². The number of aliphatic imine (C=N–C) groups is 1. The molecule has 1 aromatic heterocycles. The van der Waals surface area contributed by atoms with Crippen LogP contribution in [0.15, 0.2) is 27.8 Å². The molecule has 1 saturated carbocycles. The number of ether oxygens (including phenoxy) is 1. The maximum Gasteiger partial charge on any atom is 0.191 e. The Kier molecular flexibility index (Phi) is 5.89. The molecule has 1 heterocycles. The molecule has 0 radical (unpaired) electrons. The second kappa shape index (κ2) is 7.68. The quantitative estimate of drug-likeness (QED) is 0.462. The molecule has 2 atom stereocenters. The Morgan fingerprint density at radius 1 is 1.50 bits per heavy atom. The first-order valence-electron chi connectivity index (χ1n) is 8.19. The highest BCUT2D eigenvalue weighted by Gasteiger charge is 2.49. The number of rotatable bonds is 7. The molecule has 0 amide bonds. The lowest BCUT2D eigenvalue weighted by atomic mass is 9.64. The van der Waals surface area contributed by atoms with Crippen LogP contribution in [0.25, 0.3) is 0 Å². The molecule has 0 aliphatic heterocycles. The summed E-state index contributed by atoms with van der Waals surface area (Å²) in [5, 5.41) is 6.77. The SMILES string of the molecule is CCCCOC1CC(NC(=NC)NCc2ccco2)C1(C)C. The molecule has 2 unspecified atom stereocenters. The highest BCUT2D eigenvalue weighted by atomic mass is 16.5. The molecule has 1 aromatic rings. The Hall–Kier alpha value is -1.49. The number of nitrogens with one attached hydrogen (secondary N) is 2. The molecule has 1 fully saturated rings. The Labute approximate surface area is 133 Å². The first-order chi connectivity index (χ1) is 10.6. The van der Waals surface area contributed by atoms with E-state index >= 15 is 0 Å². The average Bonchev–Trinajstić information content (AvgIpc) is 3.02. The molecule has 0 saturated heterocycles. The van der Waals surface area contributed by atoms with Gasteiger partial charge in [-0.1, -0.05) is 27.2 Å². The summed E-state index contributed by atoms with van der Waals surface area (Å²) in [4.78, 5) is 4.29. The van der Waals surface area contributed by atoms with Crippen LogP contribution in [-0.2, 0) is 11.3 Å². The Bertz CT molecular complexity index is 468. The second-order valence-electron chi connectivity index (χ2n) is 6.47. The highest BCUT2D eigenvalue weighted by Crippen LogP contribution is 2.42. The number of guanidine groups is 1. The first-order valence-corrected chi connectivity index (χ1v) is 8.19. The summed E-state index contributed by atoms with van der Waals surface area (Å²) in [7, 11) is 1.79. The summed E-state index contributed by atoms with van der Waals surface area (Å²) < 4.78 is 11.3. The summed E-state index contributed by atoms with van der Waals surface area (Å²) in [5.74, 6) is 1.71. The largest absolute Gasteiger partial charge is 0.467 e. The Morgan fingerprint density at radius 3 is 2.91 bits per heavy atom. The van der Waals surface area contributed by atoms with Crippen molar-refractivity contribution in [2.24, 2.45) is 10.4 Å². The molecular weight excluding hydrogens is 278 g/mol. The summed E-state index contributed by atoms with van der Waals surface area (Å²) in [6.45, 7) is 8.20. The maximum absolute atomic E-state index is 5.98. The number of unbranched alkanes of at least 4 members (excludes halogenated alkanes) is 1. The van der Waals surface area contributed by atoms with Crippen molar-refractivity contribution in [1.29, 1.82) is 0 Å². The van der Waals surface area contributed by atoms with Crippen LogP contribution in [0, 0.1) is 5.41 Å². The van der Waals surface area contributed by atoms with Crippen LogP contribution in [0.3, 0.4) is 0 Å². The van der Waals surface area contributed by atoms with Crippen molar-refractivity contribution in [1.82, 2.24) is 10.6 Å². The van der Waals surface area contributed by atoms with Gasteiger partial charge in [0.25, 0.3) is 0 Å². The number of furan rings is 1. The van der Waals surface area contributed by atoms with Gasteiger partial charge in [-0.05, 0) is 25.0 Å². The maximum atomic E-state index is 5.98. The van der Waals surface area contributed by atoms with Crippen molar-refractivity contribution in [3.05, 3.63) is 24.2 Å². The zero-order valence-electron chi connectivity index (χ0n) is 14.2. The van der Waals surface area contributed by atoms with Gasteiger partial charge in [0, 0.05) is 25.1 Å². The fourth-order valence-corrected chi connectivity index (χ4v) is 2.73. The third-order valence-electron chi connectivity index (χ3n) is 4.54. The third-order valence-corrected chi connectivity index (χ3v) is 4.54. The number of hydrogen-bond acceptors (Lipinski definition) is 3. The topological polar surface area (TPSA) is 58.8 Å². The van der Waals surface area contributed by atoms with E-state index in [1.54, 1.807) is 13.3 Å². The highest BCUT2D eigenvalue weighted by molar-refractivity contribution is 5.80. The van der Waals surface area contributed by atoms with E-state index in [0.29, 0.717) is 18.7 Å². The average molecular weight is 307 g/mol. The first kappa shape index (κ1) is 16.9. The number of hydrogen-bond donors (Lipinski definition) is 2. The summed E-state index contributed by atoms with van der Waals surface area (Å²) in [6.07, 6.45) is 5.35. The van der Waals surface area contributed by atoms with E-state index in [1.807, 2.05) is 12.1 Å². The van der Waals surface area contributed by atoms with Crippen molar-refractivity contribution in [2.45, 2.75) is 58.7 Å². The fraction of sp³-hybridized carbons (Fsp3) is 0.706. The molecule has 124 valence electrons. The lowest BCUT2D eigenvalue weighted by Crippen LogP contribution is -2.63. The lowest BCUT2D eigenvalue weighted by molar-refractivity contribution is -0.113. The Balaban J connectivity index is 1.77. The van der Waals surface area contributed by atoms with Crippen LogP contribution in [0.2, 0.25) is 0 Å². The van der Waals surface area contributed by atoms with Crippen LogP contribution in [0.4, 0.5) is 0 Å². The number of nitrogens with zero attached hydrogens (tertiary/aromatic N) is 1. The van der Waals surface area contributed by atoms with Gasteiger partial charge in [0.1, 0.15) is 5.76 Å².